The second-order valence-electron chi connectivity index (χ2n) is 16.9. The molecule has 49 heavy (non-hydrogen) atoms. The lowest BCUT2D eigenvalue weighted by atomic mass is 9.80. The van der Waals surface area contributed by atoms with Crippen molar-refractivity contribution in [3.63, 3.8) is 0 Å². The van der Waals surface area contributed by atoms with Crippen molar-refractivity contribution in [3.05, 3.63) is 30.6 Å². The molecule has 2 aliphatic heterocycles. The van der Waals surface area contributed by atoms with Gasteiger partial charge in [0.05, 0.1) is 16.9 Å². The van der Waals surface area contributed by atoms with Crippen molar-refractivity contribution in [3.8, 4) is 17.1 Å². The van der Waals surface area contributed by atoms with E-state index in [0.717, 1.165) is 78.7 Å². The summed E-state index contributed by atoms with van der Waals surface area (Å²) in [4.78, 5) is 25.8. The first-order valence-corrected chi connectivity index (χ1v) is 21.8. The second kappa shape index (κ2) is 13.8. The third kappa shape index (κ3) is 9.30. The lowest BCUT2D eigenvalue weighted by molar-refractivity contribution is -0.00334. The number of benzene rings is 1. The second-order valence-corrected chi connectivity index (χ2v) is 22.6. The molecule has 0 radical (unpaired) electrons. The fraction of sp³-hybridized carbons (Fsp3) is 0.676. The molecule has 3 aliphatic rings. The zero-order valence-electron chi connectivity index (χ0n) is 30.6. The number of likely N-dealkylation sites (tertiary alicyclic amines) is 1. The number of rotatable bonds is 11. The average molecular weight is 695 g/mol. The quantitative estimate of drug-likeness (QED) is 0.147. The highest BCUT2D eigenvalue weighted by Crippen LogP contribution is 2.41. The van der Waals surface area contributed by atoms with Crippen molar-refractivity contribution in [1.82, 2.24) is 24.6 Å². The molecule has 0 spiro atoms. The molecule has 2 saturated heterocycles. The van der Waals surface area contributed by atoms with E-state index in [9.17, 15) is 4.79 Å². The van der Waals surface area contributed by atoms with E-state index >= 15 is 4.39 Å². The first kappa shape index (κ1) is 35.6. The first-order valence-electron chi connectivity index (χ1n) is 18.1. The van der Waals surface area contributed by atoms with Crippen LogP contribution in [0.2, 0.25) is 25.7 Å². The number of nitrogens with zero attached hydrogens (tertiary/aromatic N) is 6. The third-order valence-corrected chi connectivity index (χ3v) is 11.7. The summed E-state index contributed by atoms with van der Waals surface area (Å²) in [7, 11) is -1.23. The van der Waals surface area contributed by atoms with Crippen molar-refractivity contribution < 1.29 is 23.4 Å². The topological polar surface area (TPSA) is 94.8 Å². The predicted octanol–water partition coefficient (Wildman–Crippen LogP) is 8.08. The Bertz CT molecular complexity index is 1620. The molecule has 3 fully saturated rings. The van der Waals surface area contributed by atoms with Gasteiger partial charge < -0.3 is 24.0 Å². The molecule has 0 atom stereocenters. The zero-order valence-corrected chi connectivity index (χ0v) is 31.6. The molecular formula is C37H55FN6O4Si. The lowest BCUT2D eigenvalue weighted by Crippen LogP contribution is -2.47. The Morgan fingerprint density at radius 3 is 2.39 bits per heavy atom. The normalized spacial score (nSPS) is 19.7. The number of carbonyl (C=O) groups excluding carboxylic acids is 1. The van der Waals surface area contributed by atoms with Crippen LogP contribution in [-0.2, 0) is 16.2 Å². The van der Waals surface area contributed by atoms with Crippen LogP contribution >= 0.6 is 0 Å². The van der Waals surface area contributed by atoms with Gasteiger partial charge in [-0.05, 0) is 103 Å². The van der Waals surface area contributed by atoms with Crippen LogP contribution in [-0.4, -0.2) is 88.5 Å². The smallest absolute Gasteiger partial charge is 0.410 e. The predicted molar refractivity (Wildman–Crippen MR) is 194 cm³/mol. The summed E-state index contributed by atoms with van der Waals surface area (Å²) in [5.41, 5.74) is 0.668. The van der Waals surface area contributed by atoms with Crippen LogP contribution in [0.1, 0.15) is 72.6 Å². The molecule has 0 bridgehead atoms. The van der Waals surface area contributed by atoms with Crippen LogP contribution in [0.5, 0.6) is 5.75 Å². The van der Waals surface area contributed by atoms with E-state index in [1.54, 1.807) is 11.2 Å². The third-order valence-electron chi connectivity index (χ3n) is 10.0. The average Bonchev–Trinajstić information content (AvgIpc) is 3.64. The largest absolute Gasteiger partial charge is 0.488 e. The van der Waals surface area contributed by atoms with Gasteiger partial charge in [-0.2, -0.15) is 5.10 Å². The number of alkyl halides is 1. The van der Waals surface area contributed by atoms with Crippen LogP contribution in [0, 0.1) is 5.92 Å². The summed E-state index contributed by atoms with van der Waals surface area (Å²) in [5, 5.41) is 5.91. The minimum absolute atomic E-state index is 0.0861. The summed E-state index contributed by atoms with van der Waals surface area (Å²) >= 11 is 0. The molecule has 1 amide bonds. The van der Waals surface area contributed by atoms with E-state index in [4.69, 9.17) is 24.3 Å². The summed E-state index contributed by atoms with van der Waals surface area (Å²) in [6.07, 6.45) is 6.45. The van der Waals surface area contributed by atoms with Gasteiger partial charge in [0.1, 0.15) is 41.5 Å². The van der Waals surface area contributed by atoms with Gasteiger partial charge in [0.15, 0.2) is 0 Å². The number of carbonyl (C=O) groups is 1. The zero-order chi connectivity index (χ0) is 35.0. The fourth-order valence-corrected chi connectivity index (χ4v) is 7.54. The van der Waals surface area contributed by atoms with Crippen LogP contribution in [0.25, 0.3) is 22.3 Å². The van der Waals surface area contributed by atoms with Gasteiger partial charge in [0.2, 0.25) is 0 Å². The maximum absolute atomic E-state index is 16.0. The SMILES string of the molecule is CC(C)(C)OC(=O)N1CCC(F)(CC2CCN(c3cc(-c4c5cc(OC6(C)CC6)ccc5nn4COCC[Si](C)(C)C)ncn3)CC2)CC1. The number of hydrogen-bond acceptors (Lipinski definition) is 8. The van der Waals surface area contributed by atoms with E-state index in [-0.39, 0.29) is 11.7 Å². The summed E-state index contributed by atoms with van der Waals surface area (Å²) in [6, 6.07) is 9.23. The highest BCUT2D eigenvalue weighted by molar-refractivity contribution is 6.76. The number of aromatic nitrogens is 4. The molecule has 1 aromatic carbocycles. The monoisotopic (exact) mass is 694 g/mol. The van der Waals surface area contributed by atoms with Gasteiger partial charge in [-0.15, -0.1) is 0 Å². The number of fused-ring (bicyclic) bond motifs is 1. The Balaban J connectivity index is 1.12. The highest BCUT2D eigenvalue weighted by Gasteiger charge is 2.41. The summed E-state index contributed by atoms with van der Waals surface area (Å²) < 4.78 is 35.9. The Morgan fingerprint density at radius 1 is 1.02 bits per heavy atom. The van der Waals surface area contributed by atoms with Gasteiger partial charge in [0.25, 0.3) is 0 Å². The molecule has 3 aromatic rings. The van der Waals surface area contributed by atoms with Crippen molar-refractivity contribution in [2.45, 2.75) is 122 Å². The molecule has 1 saturated carbocycles. The van der Waals surface area contributed by atoms with Crippen LogP contribution in [0.3, 0.4) is 0 Å². The minimum atomic E-state index is -1.25. The van der Waals surface area contributed by atoms with Crippen LogP contribution in [0.4, 0.5) is 15.0 Å². The van der Waals surface area contributed by atoms with Gasteiger partial charge in [-0.1, -0.05) is 19.6 Å². The Labute approximate surface area is 291 Å². The van der Waals surface area contributed by atoms with E-state index in [1.165, 1.54) is 0 Å². The fourth-order valence-electron chi connectivity index (χ4n) is 6.78. The molecule has 12 heteroatoms. The molecule has 0 unspecified atom stereocenters. The Kier molecular flexibility index (Phi) is 10.0. The maximum Gasteiger partial charge on any atom is 0.410 e. The van der Waals surface area contributed by atoms with Gasteiger partial charge in [-0.3, -0.25) is 0 Å². The minimum Gasteiger partial charge on any atom is -0.488 e. The molecule has 6 rings (SSSR count). The van der Waals surface area contributed by atoms with Gasteiger partial charge in [0, 0.05) is 52.3 Å². The number of ether oxygens (including phenoxy) is 3. The Morgan fingerprint density at radius 2 is 1.73 bits per heavy atom. The van der Waals surface area contributed by atoms with E-state index in [1.807, 2.05) is 43.7 Å². The molecule has 2 aromatic heterocycles. The van der Waals surface area contributed by atoms with Gasteiger partial charge in [-0.25, -0.2) is 23.8 Å². The first-order chi connectivity index (χ1) is 23.1. The highest BCUT2D eigenvalue weighted by atomic mass is 28.3. The van der Waals surface area contributed by atoms with Crippen LogP contribution in [0.15, 0.2) is 30.6 Å². The number of amides is 1. The van der Waals surface area contributed by atoms with Crippen molar-refractivity contribution in [2.24, 2.45) is 5.92 Å². The number of anilines is 1. The van der Waals surface area contributed by atoms with E-state index in [0.29, 0.717) is 51.6 Å². The van der Waals surface area contributed by atoms with Crippen molar-refractivity contribution in [1.29, 1.82) is 0 Å². The van der Waals surface area contributed by atoms with E-state index in [2.05, 4.69) is 42.5 Å². The lowest BCUT2D eigenvalue weighted by Gasteiger charge is -2.40. The van der Waals surface area contributed by atoms with E-state index < -0.39 is 19.3 Å². The molecular weight excluding hydrogens is 640 g/mol. The summed E-state index contributed by atoms with van der Waals surface area (Å²) in [5.74, 6) is 1.99. The maximum atomic E-state index is 16.0. The summed E-state index contributed by atoms with van der Waals surface area (Å²) in [6.45, 7) is 18.2. The molecule has 268 valence electrons. The van der Waals surface area contributed by atoms with Crippen LogP contribution < -0.4 is 9.64 Å². The van der Waals surface area contributed by atoms with Crippen molar-refractivity contribution in [2.75, 3.05) is 37.7 Å². The van der Waals surface area contributed by atoms with Gasteiger partial charge >= 0.3 is 6.09 Å². The number of piperidine rings is 2. The molecule has 10 nitrogen and oxygen atoms in total. The Hall–Kier alpha value is -3.25. The molecule has 4 heterocycles. The molecule has 0 N–H and O–H groups in total. The number of halogens is 1. The standard InChI is InChI=1S/C37H55FN6O4Si/c1-35(2,3)48-34(45)43-18-14-37(38,15-19-43)24-27-10-16-42(17-11-27)32-23-31(39-25-40-32)33-29-22-28(47-36(4)12-13-36)8-9-30(29)41-44(33)26-46-20-21-49(5,6)7/h8-9,22-23,25,27H,10-21,24,26H2,1-7H3. The molecule has 1 aliphatic carbocycles. The van der Waals surface area contributed by atoms with Crippen molar-refractivity contribution >= 4 is 30.9 Å². The number of hydrogen-bond donors (Lipinski definition) is 0.